The van der Waals surface area contributed by atoms with E-state index in [1.807, 2.05) is 0 Å². The van der Waals surface area contributed by atoms with Gasteiger partial charge in [0.15, 0.2) is 11.7 Å². The van der Waals surface area contributed by atoms with Gasteiger partial charge in [-0.2, -0.15) is 13.2 Å². The van der Waals surface area contributed by atoms with Crippen molar-refractivity contribution in [2.75, 3.05) is 0 Å². The fourth-order valence-corrected chi connectivity index (χ4v) is 2.95. The zero-order valence-electron chi connectivity index (χ0n) is 12.5. The molecule has 138 valence electrons. The molecule has 0 radical (unpaired) electrons. The first-order chi connectivity index (χ1) is 12.0. The third-order valence-electron chi connectivity index (χ3n) is 3.20. The van der Waals surface area contributed by atoms with Gasteiger partial charge in [-0.15, -0.1) is 0 Å². The van der Waals surface area contributed by atoms with Gasteiger partial charge in [0.1, 0.15) is 0 Å². The van der Waals surface area contributed by atoms with E-state index in [1.165, 1.54) is 12.1 Å². The Kier molecular flexibility index (Phi) is 6.05. The van der Waals surface area contributed by atoms with Crippen LogP contribution >= 0.6 is 34.8 Å². The van der Waals surface area contributed by atoms with E-state index in [4.69, 9.17) is 39.5 Å². The summed E-state index contributed by atoms with van der Waals surface area (Å²) in [4.78, 5) is 23.7. The lowest BCUT2D eigenvalue weighted by Gasteiger charge is -2.15. The molecule has 2 rings (SSSR count). The van der Waals surface area contributed by atoms with E-state index in [2.05, 4.69) is 0 Å². The Bertz CT molecular complexity index is 845. The number of halogens is 6. The average Bonchev–Trinajstić information content (AvgIpc) is 2.50. The SMILES string of the molecule is O=C(O)C(C(=O)Oc1c(Cl)cc(Cl)cc1Cl)c1cccc(C(F)(F)F)c1. The maximum Gasteiger partial charge on any atom is 0.416 e. The topological polar surface area (TPSA) is 63.6 Å². The smallest absolute Gasteiger partial charge is 0.416 e. The van der Waals surface area contributed by atoms with Crippen LogP contribution in [-0.2, 0) is 15.8 Å². The van der Waals surface area contributed by atoms with Crippen molar-refractivity contribution >= 4 is 46.7 Å². The average molecular weight is 428 g/mol. The number of aliphatic carboxylic acids is 1. The summed E-state index contributed by atoms with van der Waals surface area (Å²) in [6, 6.07) is 5.78. The maximum absolute atomic E-state index is 12.8. The third-order valence-corrected chi connectivity index (χ3v) is 3.98. The molecular weight excluding hydrogens is 420 g/mol. The van der Waals surface area contributed by atoms with Crippen LogP contribution in [0.5, 0.6) is 5.75 Å². The number of carboxylic acids is 1. The standard InChI is InChI=1S/C16H8Cl3F3O4/c17-9-5-10(18)13(11(19)6-9)26-15(25)12(14(23)24)7-2-1-3-8(4-7)16(20,21)22/h1-6,12H,(H,23,24). The van der Waals surface area contributed by atoms with Gasteiger partial charge in [0.05, 0.1) is 15.6 Å². The lowest BCUT2D eigenvalue weighted by molar-refractivity contribution is -0.149. The van der Waals surface area contributed by atoms with Crippen LogP contribution < -0.4 is 4.74 Å². The van der Waals surface area contributed by atoms with Gasteiger partial charge in [-0.05, 0) is 23.8 Å². The number of hydrogen-bond donors (Lipinski definition) is 1. The zero-order chi connectivity index (χ0) is 19.6. The quantitative estimate of drug-likeness (QED) is 0.401. The first-order valence-corrected chi connectivity index (χ1v) is 7.90. The lowest BCUT2D eigenvalue weighted by Crippen LogP contribution is -2.26. The second kappa shape index (κ2) is 7.73. The van der Waals surface area contributed by atoms with Gasteiger partial charge in [-0.25, -0.2) is 0 Å². The number of benzene rings is 2. The van der Waals surface area contributed by atoms with Crippen molar-refractivity contribution in [2.24, 2.45) is 0 Å². The molecule has 0 saturated heterocycles. The molecule has 1 atom stereocenters. The van der Waals surface area contributed by atoms with E-state index < -0.39 is 35.2 Å². The van der Waals surface area contributed by atoms with Crippen LogP contribution in [-0.4, -0.2) is 17.0 Å². The molecule has 0 aliphatic heterocycles. The van der Waals surface area contributed by atoms with Gasteiger partial charge in [0.25, 0.3) is 0 Å². The van der Waals surface area contributed by atoms with Crippen molar-refractivity contribution in [2.45, 2.75) is 12.1 Å². The molecule has 0 fully saturated rings. The molecule has 4 nitrogen and oxygen atoms in total. The first kappa shape index (κ1) is 20.4. The predicted octanol–water partition coefficient (Wildman–Crippen LogP) is 5.44. The molecule has 0 saturated carbocycles. The summed E-state index contributed by atoms with van der Waals surface area (Å²) < 4.78 is 43.3. The normalized spacial score (nSPS) is 12.5. The summed E-state index contributed by atoms with van der Waals surface area (Å²) in [5.41, 5.74) is -1.50. The molecule has 2 aromatic carbocycles. The third kappa shape index (κ3) is 4.60. The molecule has 10 heteroatoms. The van der Waals surface area contributed by atoms with Crippen molar-refractivity contribution < 1.29 is 32.6 Å². The van der Waals surface area contributed by atoms with E-state index in [0.29, 0.717) is 6.07 Å². The van der Waals surface area contributed by atoms with Crippen molar-refractivity contribution in [3.63, 3.8) is 0 Å². The highest BCUT2D eigenvalue weighted by molar-refractivity contribution is 6.40. The minimum absolute atomic E-state index is 0.146. The molecule has 0 bridgehead atoms. The second-order valence-electron chi connectivity index (χ2n) is 5.01. The number of hydrogen-bond acceptors (Lipinski definition) is 3. The van der Waals surface area contributed by atoms with Gasteiger partial charge in [-0.1, -0.05) is 53.0 Å². The van der Waals surface area contributed by atoms with Gasteiger partial charge in [-0.3, -0.25) is 9.59 Å². The molecule has 1 unspecified atom stereocenters. The van der Waals surface area contributed by atoms with Crippen molar-refractivity contribution in [3.8, 4) is 5.75 Å². The van der Waals surface area contributed by atoms with Crippen LogP contribution in [0.3, 0.4) is 0 Å². The highest BCUT2D eigenvalue weighted by atomic mass is 35.5. The van der Waals surface area contributed by atoms with E-state index >= 15 is 0 Å². The molecule has 0 aliphatic rings. The Labute approximate surface area is 160 Å². The van der Waals surface area contributed by atoms with Crippen molar-refractivity contribution in [3.05, 3.63) is 62.6 Å². The van der Waals surface area contributed by atoms with E-state index in [-0.39, 0.29) is 20.8 Å². The summed E-state index contributed by atoms with van der Waals surface area (Å²) >= 11 is 17.4. The Hall–Kier alpha value is -1.96. The fourth-order valence-electron chi connectivity index (χ4n) is 2.06. The van der Waals surface area contributed by atoms with Crippen molar-refractivity contribution in [1.82, 2.24) is 0 Å². The molecule has 0 aliphatic carbocycles. The molecular formula is C16H8Cl3F3O4. The Morgan fingerprint density at radius 2 is 1.62 bits per heavy atom. The molecule has 0 aromatic heterocycles. The lowest BCUT2D eigenvalue weighted by atomic mass is 9.97. The van der Waals surface area contributed by atoms with Gasteiger partial charge >= 0.3 is 18.1 Å². The summed E-state index contributed by atoms with van der Waals surface area (Å²) in [5.74, 6) is -5.42. The Morgan fingerprint density at radius 1 is 1.04 bits per heavy atom. The number of rotatable bonds is 4. The second-order valence-corrected chi connectivity index (χ2v) is 6.26. The zero-order valence-corrected chi connectivity index (χ0v) is 14.7. The molecule has 26 heavy (non-hydrogen) atoms. The summed E-state index contributed by atoms with van der Waals surface area (Å²) in [7, 11) is 0. The number of carboxylic acid groups (broad SMARTS) is 1. The van der Waals surface area contributed by atoms with Crippen LogP contribution in [0.1, 0.15) is 17.0 Å². The van der Waals surface area contributed by atoms with Gasteiger partial charge in [0.2, 0.25) is 0 Å². The Balaban J connectivity index is 2.40. The van der Waals surface area contributed by atoms with Gasteiger partial charge in [0, 0.05) is 5.02 Å². The summed E-state index contributed by atoms with van der Waals surface area (Å²) in [6.45, 7) is 0. The molecule has 0 heterocycles. The molecule has 1 N–H and O–H groups in total. The van der Waals surface area contributed by atoms with Crippen LogP contribution in [0.4, 0.5) is 13.2 Å². The number of alkyl halides is 3. The number of carbonyl (C=O) groups excluding carboxylic acids is 1. The number of esters is 1. The fraction of sp³-hybridized carbons (Fsp3) is 0.125. The molecule has 0 spiro atoms. The number of ether oxygens (including phenoxy) is 1. The van der Waals surface area contributed by atoms with Gasteiger partial charge < -0.3 is 9.84 Å². The van der Waals surface area contributed by atoms with Crippen LogP contribution in [0, 0.1) is 0 Å². The highest BCUT2D eigenvalue weighted by Gasteiger charge is 2.35. The molecule has 0 amide bonds. The Morgan fingerprint density at radius 3 is 2.12 bits per heavy atom. The largest absolute Gasteiger partial charge is 0.480 e. The predicted molar refractivity (Wildman–Crippen MR) is 88.9 cm³/mol. The van der Waals surface area contributed by atoms with E-state index in [1.54, 1.807) is 0 Å². The van der Waals surface area contributed by atoms with Crippen LogP contribution in [0.15, 0.2) is 36.4 Å². The minimum atomic E-state index is -4.70. The molecule has 2 aromatic rings. The summed E-state index contributed by atoms with van der Waals surface area (Å²) in [6.07, 6.45) is -4.70. The summed E-state index contributed by atoms with van der Waals surface area (Å²) in [5, 5.41) is 9.10. The van der Waals surface area contributed by atoms with E-state index in [9.17, 15) is 27.9 Å². The highest BCUT2D eigenvalue weighted by Crippen LogP contribution is 2.37. The minimum Gasteiger partial charge on any atom is -0.480 e. The van der Waals surface area contributed by atoms with Crippen molar-refractivity contribution in [1.29, 1.82) is 0 Å². The number of carbonyl (C=O) groups is 2. The van der Waals surface area contributed by atoms with Crippen LogP contribution in [0.2, 0.25) is 15.1 Å². The first-order valence-electron chi connectivity index (χ1n) is 6.77. The monoisotopic (exact) mass is 426 g/mol. The van der Waals surface area contributed by atoms with E-state index in [0.717, 1.165) is 18.2 Å². The maximum atomic E-state index is 12.8. The van der Waals surface area contributed by atoms with Crippen LogP contribution in [0.25, 0.3) is 0 Å².